The number of nitrogen functional groups attached to an aromatic ring is 1. The Balaban J connectivity index is 2.28. The SMILES string of the molecule is CC(C)(Nc1ccc(N)cc1C(=O)O)C1CC1. The summed E-state index contributed by atoms with van der Waals surface area (Å²) in [6.45, 7) is 4.21. The number of hydrogen-bond donors (Lipinski definition) is 3. The molecule has 0 bridgehead atoms. The first-order chi connectivity index (χ1) is 7.90. The summed E-state index contributed by atoms with van der Waals surface area (Å²) in [6, 6.07) is 4.95. The van der Waals surface area contributed by atoms with E-state index in [1.54, 1.807) is 12.1 Å². The van der Waals surface area contributed by atoms with Crippen LogP contribution in [0.3, 0.4) is 0 Å². The molecule has 92 valence electrons. The standard InChI is InChI=1S/C13H18N2O2/c1-13(2,8-3-4-8)15-11-6-5-9(14)7-10(11)12(16)17/h5-8,15H,3-4,14H2,1-2H3,(H,16,17). The fourth-order valence-corrected chi connectivity index (χ4v) is 2.10. The number of nitrogens with one attached hydrogen (secondary N) is 1. The summed E-state index contributed by atoms with van der Waals surface area (Å²) in [4.78, 5) is 11.1. The van der Waals surface area contributed by atoms with Crippen molar-refractivity contribution in [2.24, 2.45) is 5.92 Å². The van der Waals surface area contributed by atoms with E-state index in [1.807, 2.05) is 0 Å². The fourth-order valence-electron chi connectivity index (χ4n) is 2.10. The summed E-state index contributed by atoms with van der Waals surface area (Å²) in [5.41, 5.74) is 6.89. The third-order valence-electron chi connectivity index (χ3n) is 3.33. The number of rotatable bonds is 4. The molecule has 0 spiro atoms. The predicted molar refractivity (Wildman–Crippen MR) is 68.2 cm³/mol. The highest BCUT2D eigenvalue weighted by atomic mass is 16.4. The zero-order chi connectivity index (χ0) is 12.6. The van der Waals surface area contributed by atoms with Crippen LogP contribution in [-0.4, -0.2) is 16.6 Å². The van der Waals surface area contributed by atoms with Gasteiger partial charge in [-0.2, -0.15) is 0 Å². The van der Waals surface area contributed by atoms with Crippen molar-refractivity contribution in [1.29, 1.82) is 0 Å². The molecular formula is C13H18N2O2. The summed E-state index contributed by atoms with van der Waals surface area (Å²) in [6.07, 6.45) is 2.41. The Morgan fingerprint density at radius 2 is 2.12 bits per heavy atom. The van der Waals surface area contributed by atoms with Gasteiger partial charge in [-0.05, 0) is 50.8 Å². The van der Waals surface area contributed by atoms with E-state index in [9.17, 15) is 4.79 Å². The number of benzene rings is 1. The van der Waals surface area contributed by atoms with Crippen LogP contribution in [-0.2, 0) is 0 Å². The van der Waals surface area contributed by atoms with Gasteiger partial charge in [0.2, 0.25) is 0 Å². The van der Waals surface area contributed by atoms with E-state index in [4.69, 9.17) is 10.8 Å². The van der Waals surface area contributed by atoms with Crippen LogP contribution in [0.15, 0.2) is 18.2 Å². The number of carboxylic acid groups (broad SMARTS) is 1. The smallest absolute Gasteiger partial charge is 0.337 e. The molecule has 1 aromatic carbocycles. The second-order valence-electron chi connectivity index (χ2n) is 5.23. The molecule has 0 unspecified atom stereocenters. The van der Waals surface area contributed by atoms with E-state index in [0.29, 0.717) is 17.3 Å². The highest BCUT2D eigenvalue weighted by Gasteiger charge is 2.38. The van der Waals surface area contributed by atoms with E-state index in [2.05, 4.69) is 19.2 Å². The molecule has 17 heavy (non-hydrogen) atoms. The predicted octanol–water partition coefficient (Wildman–Crippen LogP) is 2.57. The normalized spacial score (nSPS) is 15.6. The molecule has 1 aliphatic rings. The molecule has 1 fully saturated rings. The number of carbonyl (C=O) groups is 1. The maximum atomic E-state index is 11.1. The van der Waals surface area contributed by atoms with Crippen molar-refractivity contribution >= 4 is 17.3 Å². The van der Waals surface area contributed by atoms with Gasteiger partial charge < -0.3 is 16.2 Å². The minimum absolute atomic E-state index is 0.0691. The molecule has 1 saturated carbocycles. The van der Waals surface area contributed by atoms with Crippen LogP contribution in [0.5, 0.6) is 0 Å². The minimum atomic E-state index is -0.952. The van der Waals surface area contributed by atoms with Gasteiger partial charge in [-0.3, -0.25) is 0 Å². The Morgan fingerprint density at radius 1 is 1.47 bits per heavy atom. The van der Waals surface area contributed by atoms with Gasteiger partial charge in [-0.15, -0.1) is 0 Å². The molecule has 0 saturated heterocycles. The van der Waals surface area contributed by atoms with Gasteiger partial charge >= 0.3 is 5.97 Å². The first kappa shape index (κ1) is 11.8. The Labute approximate surface area is 101 Å². The lowest BCUT2D eigenvalue weighted by Crippen LogP contribution is -2.34. The van der Waals surface area contributed by atoms with Crippen molar-refractivity contribution in [1.82, 2.24) is 0 Å². The van der Waals surface area contributed by atoms with Gasteiger partial charge in [0.25, 0.3) is 0 Å². The molecule has 0 heterocycles. The number of nitrogens with two attached hydrogens (primary N) is 1. The minimum Gasteiger partial charge on any atom is -0.478 e. The zero-order valence-electron chi connectivity index (χ0n) is 10.2. The van der Waals surface area contributed by atoms with Crippen molar-refractivity contribution in [2.75, 3.05) is 11.1 Å². The molecule has 0 amide bonds. The molecule has 1 aromatic rings. The molecule has 0 aromatic heterocycles. The lowest BCUT2D eigenvalue weighted by Gasteiger charge is -2.28. The second kappa shape index (κ2) is 3.95. The summed E-state index contributed by atoms with van der Waals surface area (Å²) in [7, 11) is 0. The molecule has 1 aliphatic carbocycles. The third-order valence-corrected chi connectivity index (χ3v) is 3.33. The molecule has 0 aliphatic heterocycles. The van der Waals surface area contributed by atoms with E-state index < -0.39 is 5.97 Å². The lowest BCUT2D eigenvalue weighted by atomic mass is 9.97. The topological polar surface area (TPSA) is 75.3 Å². The van der Waals surface area contributed by atoms with E-state index in [1.165, 1.54) is 18.9 Å². The number of aromatic carboxylic acids is 1. The Kier molecular flexibility index (Phi) is 2.73. The number of anilines is 2. The summed E-state index contributed by atoms with van der Waals surface area (Å²) < 4.78 is 0. The maximum absolute atomic E-state index is 11.1. The van der Waals surface area contributed by atoms with Gasteiger partial charge in [-0.25, -0.2) is 4.79 Å². The maximum Gasteiger partial charge on any atom is 0.337 e. The van der Waals surface area contributed by atoms with Gasteiger partial charge in [-0.1, -0.05) is 0 Å². The van der Waals surface area contributed by atoms with Crippen LogP contribution in [0.2, 0.25) is 0 Å². The summed E-state index contributed by atoms with van der Waals surface area (Å²) in [5, 5.41) is 12.5. The van der Waals surface area contributed by atoms with Gasteiger partial charge in [0.05, 0.1) is 5.56 Å². The average molecular weight is 234 g/mol. The number of carboxylic acids is 1. The summed E-state index contributed by atoms with van der Waals surface area (Å²) >= 11 is 0. The monoisotopic (exact) mass is 234 g/mol. The van der Waals surface area contributed by atoms with Gasteiger partial charge in [0.1, 0.15) is 0 Å². The van der Waals surface area contributed by atoms with Crippen molar-refractivity contribution in [2.45, 2.75) is 32.2 Å². The molecule has 0 radical (unpaired) electrons. The van der Waals surface area contributed by atoms with Crippen molar-refractivity contribution in [3.8, 4) is 0 Å². The fraction of sp³-hybridized carbons (Fsp3) is 0.462. The third kappa shape index (κ3) is 2.52. The highest BCUT2D eigenvalue weighted by Crippen LogP contribution is 2.41. The quantitative estimate of drug-likeness (QED) is 0.700. The van der Waals surface area contributed by atoms with Crippen molar-refractivity contribution in [3.63, 3.8) is 0 Å². The first-order valence-electron chi connectivity index (χ1n) is 5.81. The molecular weight excluding hydrogens is 216 g/mol. The molecule has 4 nitrogen and oxygen atoms in total. The van der Waals surface area contributed by atoms with E-state index in [0.717, 1.165) is 0 Å². The first-order valence-corrected chi connectivity index (χ1v) is 5.81. The summed E-state index contributed by atoms with van der Waals surface area (Å²) in [5.74, 6) is -0.326. The highest BCUT2D eigenvalue weighted by molar-refractivity contribution is 5.95. The van der Waals surface area contributed by atoms with Crippen LogP contribution < -0.4 is 11.1 Å². The van der Waals surface area contributed by atoms with Crippen molar-refractivity contribution in [3.05, 3.63) is 23.8 Å². The van der Waals surface area contributed by atoms with Gasteiger partial charge in [0, 0.05) is 16.9 Å². The molecule has 0 atom stereocenters. The lowest BCUT2D eigenvalue weighted by molar-refractivity contribution is 0.0698. The molecule has 2 rings (SSSR count). The Bertz CT molecular complexity index is 451. The second-order valence-corrected chi connectivity index (χ2v) is 5.23. The Morgan fingerprint density at radius 3 is 2.65 bits per heavy atom. The average Bonchev–Trinajstić information content (AvgIpc) is 3.03. The largest absolute Gasteiger partial charge is 0.478 e. The van der Waals surface area contributed by atoms with Crippen molar-refractivity contribution < 1.29 is 9.90 Å². The van der Waals surface area contributed by atoms with Crippen LogP contribution in [0.4, 0.5) is 11.4 Å². The zero-order valence-corrected chi connectivity index (χ0v) is 10.2. The molecule has 4 N–H and O–H groups in total. The van der Waals surface area contributed by atoms with Crippen LogP contribution in [0.25, 0.3) is 0 Å². The van der Waals surface area contributed by atoms with Gasteiger partial charge in [0.15, 0.2) is 0 Å². The van der Waals surface area contributed by atoms with E-state index >= 15 is 0 Å². The molecule has 4 heteroatoms. The number of hydrogen-bond acceptors (Lipinski definition) is 3. The van der Waals surface area contributed by atoms with Crippen LogP contribution in [0.1, 0.15) is 37.0 Å². The van der Waals surface area contributed by atoms with E-state index in [-0.39, 0.29) is 11.1 Å². The van der Waals surface area contributed by atoms with Crippen LogP contribution in [0, 0.1) is 5.92 Å². The Hall–Kier alpha value is -1.71. The van der Waals surface area contributed by atoms with Crippen LogP contribution >= 0.6 is 0 Å².